The lowest BCUT2D eigenvalue weighted by Crippen LogP contribution is -2.42. The zero-order valence-corrected chi connectivity index (χ0v) is 17.7. The van der Waals surface area contributed by atoms with E-state index in [1.54, 1.807) is 6.92 Å². The van der Waals surface area contributed by atoms with E-state index in [1.165, 1.54) is 36.0 Å². The summed E-state index contributed by atoms with van der Waals surface area (Å²) in [4.78, 5) is 50.6. The van der Waals surface area contributed by atoms with Crippen LogP contribution in [0.15, 0.2) is 30.3 Å². The molecular weight excluding hydrogens is 422 g/mol. The van der Waals surface area contributed by atoms with Gasteiger partial charge in [-0.1, -0.05) is 12.1 Å². The van der Waals surface area contributed by atoms with Crippen molar-refractivity contribution in [3.8, 4) is 11.5 Å². The lowest BCUT2D eigenvalue weighted by Gasteiger charge is -2.21. The van der Waals surface area contributed by atoms with Crippen molar-refractivity contribution in [1.29, 1.82) is 0 Å². The first kappa shape index (κ1) is 22.4. The van der Waals surface area contributed by atoms with Crippen LogP contribution in [0.5, 0.6) is 11.5 Å². The second-order valence-electron chi connectivity index (χ2n) is 6.84. The first-order valence-corrected chi connectivity index (χ1v) is 10.9. The second-order valence-corrected chi connectivity index (χ2v) is 7.82. The molecule has 162 valence electrons. The molecule has 9 heteroatoms. The summed E-state index contributed by atoms with van der Waals surface area (Å²) in [6.45, 7) is 1.82. The highest BCUT2D eigenvalue weighted by molar-refractivity contribution is 7.98. The van der Waals surface area contributed by atoms with Gasteiger partial charge in [-0.25, -0.2) is 4.79 Å². The Morgan fingerprint density at radius 2 is 1.77 bits per heavy atom. The van der Waals surface area contributed by atoms with Crippen molar-refractivity contribution < 1.29 is 34.1 Å². The molecule has 2 aromatic carbocycles. The van der Waals surface area contributed by atoms with Crippen LogP contribution in [0, 0.1) is 0 Å². The molecule has 1 atom stereocenters. The number of fused-ring (bicyclic) bond motifs is 2. The molecule has 1 aliphatic rings. The highest BCUT2D eigenvalue weighted by atomic mass is 32.2. The topological polar surface area (TPSA) is 130 Å². The molecule has 8 nitrogen and oxygen atoms in total. The van der Waals surface area contributed by atoms with Gasteiger partial charge < -0.3 is 20.3 Å². The van der Waals surface area contributed by atoms with E-state index in [0.29, 0.717) is 12.2 Å². The fourth-order valence-electron chi connectivity index (χ4n) is 3.38. The van der Waals surface area contributed by atoms with E-state index < -0.39 is 35.2 Å². The van der Waals surface area contributed by atoms with Crippen LogP contribution in [-0.4, -0.2) is 58.3 Å². The third-order valence-electron chi connectivity index (χ3n) is 4.85. The molecule has 0 saturated carbocycles. The number of benzene rings is 2. The Morgan fingerprint density at radius 3 is 2.45 bits per heavy atom. The van der Waals surface area contributed by atoms with E-state index in [2.05, 4.69) is 5.32 Å². The number of hydrogen-bond acceptors (Lipinski definition) is 8. The summed E-state index contributed by atoms with van der Waals surface area (Å²) in [5.41, 5.74) is -0.713. The van der Waals surface area contributed by atoms with Gasteiger partial charge in [-0.3, -0.25) is 14.4 Å². The van der Waals surface area contributed by atoms with Crippen LogP contribution in [-0.2, 0) is 9.53 Å². The van der Waals surface area contributed by atoms with E-state index in [-0.39, 0.29) is 40.2 Å². The quantitative estimate of drug-likeness (QED) is 0.474. The van der Waals surface area contributed by atoms with Crippen molar-refractivity contribution in [3.05, 3.63) is 58.1 Å². The van der Waals surface area contributed by atoms with Crippen molar-refractivity contribution >= 4 is 35.2 Å². The molecule has 0 aromatic heterocycles. The normalized spacial score (nSPS) is 13.2. The predicted molar refractivity (Wildman–Crippen MR) is 114 cm³/mol. The Morgan fingerprint density at radius 1 is 1.06 bits per heavy atom. The fraction of sp³-hybridized carbons (Fsp3) is 0.273. The van der Waals surface area contributed by atoms with E-state index in [0.717, 1.165) is 6.07 Å². The molecular formula is C22H21NO7S. The maximum atomic E-state index is 12.9. The Balaban J connectivity index is 1.96. The van der Waals surface area contributed by atoms with Crippen LogP contribution >= 0.6 is 11.8 Å². The largest absolute Gasteiger partial charge is 0.507 e. The lowest BCUT2D eigenvalue weighted by atomic mass is 9.82. The number of carbonyl (C=O) groups excluding carboxylic acids is 4. The van der Waals surface area contributed by atoms with Crippen molar-refractivity contribution in [2.75, 3.05) is 18.6 Å². The number of nitrogens with one attached hydrogen (secondary N) is 1. The molecule has 1 aliphatic carbocycles. The summed E-state index contributed by atoms with van der Waals surface area (Å²) in [7, 11) is 0. The molecule has 0 saturated heterocycles. The zero-order chi connectivity index (χ0) is 22.7. The molecule has 0 spiro atoms. The summed E-state index contributed by atoms with van der Waals surface area (Å²) in [6, 6.07) is 5.46. The van der Waals surface area contributed by atoms with Gasteiger partial charge in [0, 0.05) is 16.7 Å². The molecule has 3 N–H and O–H groups in total. The maximum Gasteiger partial charge on any atom is 0.328 e. The average Bonchev–Trinajstić information content (AvgIpc) is 2.74. The number of amides is 1. The Hall–Kier alpha value is -3.33. The number of phenolic OH excluding ortho intramolecular Hbond substituents is 2. The number of hydrogen-bond donors (Lipinski definition) is 3. The molecule has 1 unspecified atom stereocenters. The Bertz CT molecular complexity index is 1080. The number of ketones is 2. The maximum absolute atomic E-state index is 12.9. The Kier molecular flexibility index (Phi) is 6.65. The van der Waals surface area contributed by atoms with Crippen LogP contribution in [0.2, 0.25) is 0 Å². The molecule has 0 fully saturated rings. The average molecular weight is 443 g/mol. The van der Waals surface area contributed by atoms with Gasteiger partial charge in [0.2, 0.25) is 5.78 Å². The van der Waals surface area contributed by atoms with Gasteiger partial charge in [0.25, 0.3) is 5.91 Å². The number of esters is 1. The molecule has 0 radical (unpaired) electrons. The van der Waals surface area contributed by atoms with Crippen molar-refractivity contribution in [2.24, 2.45) is 0 Å². The molecule has 1 amide bonds. The van der Waals surface area contributed by atoms with Gasteiger partial charge in [-0.15, -0.1) is 0 Å². The number of aromatic hydroxyl groups is 2. The van der Waals surface area contributed by atoms with Crippen molar-refractivity contribution in [2.45, 2.75) is 19.4 Å². The summed E-state index contributed by atoms with van der Waals surface area (Å²) < 4.78 is 5.00. The van der Waals surface area contributed by atoms with Gasteiger partial charge in [-0.2, -0.15) is 11.8 Å². The van der Waals surface area contributed by atoms with Crippen LogP contribution in [0.3, 0.4) is 0 Å². The highest BCUT2D eigenvalue weighted by Gasteiger charge is 2.35. The van der Waals surface area contributed by atoms with Gasteiger partial charge in [-0.05, 0) is 43.6 Å². The Labute approximate surface area is 182 Å². The van der Waals surface area contributed by atoms with Crippen molar-refractivity contribution in [1.82, 2.24) is 5.32 Å². The first-order chi connectivity index (χ1) is 14.8. The number of thioether (sulfide) groups is 1. The highest BCUT2D eigenvalue weighted by Crippen LogP contribution is 2.37. The summed E-state index contributed by atoms with van der Waals surface area (Å²) in [5.74, 6) is -2.92. The second kappa shape index (κ2) is 9.22. The summed E-state index contributed by atoms with van der Waals surface area (Å²) in [5, 5.41) is 23.0. The summed E-state index contributed by atoms with van der Waals surface area (Å²) in [6.07, 6.45) is 2.20. The smallest absolute Gasteiger partial charge is 0.328 e. The van der Waals surface area contributed by atoms with Crippen LogP contribution in [0.25, 0.3) is 0 Å². The number of rotatable bonds is 7. The zero-order valence-electron chi connectivity index (χ0n) is 16.9. The van der Waals surface area contributed by atoms with E-state index in [1.807, 2.05) is 6.26 Å². The molecule has 31 heavy (non-hydrogen) atoms. The fourth-order valence-corrected chi connectivity index (χ4v) is 3.85. The molecule has 3 rings (SSSR count). The minimum atomic E-state index is -0.895. The van der Waals surface area contributed by atoms with Crippen molar-refractivity contribution in [3.63, 3.8) is 0 Å². The molecule has 0 bridgehead atoms. The van der Waals surface area contributed by atoms with Gasteiger partial charge in [0.05, 0.1) is 17.7 Å². The first-order valence-electron chi connectivity index (χ1n) is 9.54. The van der Waals surface area contributed by atoms with E-state index in [9.17, 15) is 29.4 Å². The van der Waals surface area contributed by atoms with E-state index >= 15 is 0 Å². The summed E-state index contributed by atoms with van der Waals surface area (Å²) >= 11 is 1.50. The predicted octanol–water partition coefficient (Wildman–Crippen LogP) is 2.29. The molecule has 2 aromatic rings. The van der Waals surface area contributed by atoms with Crippen LogP contribution < -0.4 is 5.32 Å². The minimum Gasteiger partial charge on any atom is -0.507 e. The SMILES string of the molecule is CCOC(=O)C(CCSC)NC(=O)c1cc(O)c2c(c1)C(=O)c1cccc(O)c1C2=O. The third kappa shape index (κ3) is 4.27. The minimum absolute atomic E-state index is 0.0150. The molecule has 0 heterocycles. The van der Waals surface area contributed by atoms with Gasteiger partial charge in [0.1, 0.15) is 17.5 Å². The standard InChI is InChI=1S/C22H21NO7S/c1-3-30-22(29)14(7-8-31-2)23-21(28)11-9-13-18(16(25)10-11)20(27)17-12(19(13)26)5-4-6-15(17)24/h4-6,9-10,14,24-25H,3,7-8H2,1-2H3,(H,23,28). The number of phenols is 2. The van der Waals surface area contributed by atoms with E-state index in [4.69, 9.17) is 4.74 Å². The third-order valence-corrected chi connectivity index (χ3v) is 5.50. The lowest BCUT2D eigenvalue weighted by molar-refractivity contribution is -0.145. The number of carbonyl (C=O) groups is 4. The van der Waals surface area contributed by atoms with Gasteiger partial charge >= 0.3 is 5.97 Å². The molecule has 0 aliphatic heterocycles. The van der Waals surface area contributed by atoms with Crippen LogP contribution in [0.1, 0.15) is 55.5 Å². The van der Waals surface area contributed by atoms with Gasteiger partial charge in [0.15, 0.2) is 5.78 Å². The number of ether oxygens (including phenoxy) is 1. The monoisotopic (exact) mass is 443 g/mol. The van der Waals surface area contributed by atoms with Crippen LogP contribution in [0.4, 0.5) is 0 Å².